The van der Waals surface area contributed by atoms with Gasteiger partial charge in [-0.25, -0.2) is 0 Å². The van der Waals surface area contributed by atoms with Gasteiger partial charge >= 0.3 is 0 Å². The first-order valence-electron chi connectivity index (χ1n) is 8.14. The summed E-state index contributed by atoms with van der Waals surface area (Å²) in [6.07, 6.45) is 1.69. The van der Waals surface area contributed by atoms with Gasteiger partial charge in [-0.2, -0.15) is 0 Å². The van der Waals surface area contributed by atoms with E-state index in [2.05, 4.69) is 20.4 Å². The molecule has 26 heavy (non-hydrogen) atoms. The van der Waals surface area contributed by atoms with Crippen LogP contribution in [0.15, 0.2) is 72.9 Å². The van der Waals surface area contributed by atoms with Crippen molar-refractivity contribution in [2.24, 2.45) is 0 Å². The molecule has 6 heteroatoms. The fraction of sp³-hybridized carbons (Fsp3) is 0.0500. The lowest BCUT2D eigenvalue weighted by Crippen LogP contribution is -1.99. The van der Waals surface area contributed by atoms with Crippen LogP contribution in [-0.4, -0.2) is 31.0 Å². The van der Waals surface area contributed by atoms with Gasteiger partial charge in [-0.15, -0.1) is 15.0 Å². The van der Waals surface area contributed by atoms with E-state index in [9.17, 15) is 4.79 Å². The van der Waals surface area contributed by atoms with Crippen molar-refractivity contribution in [3.63, 3.8) is 0 Å². The normalized spacial score (nSPS) is 10.7. The molecule has 0 saturated carbocycles. The Kier molecular flexibility index (Phi) is 4.07. The zero-order valence-corrected chi connectivity index (χ0v) is 14.1. The van der Waals surface area contributed by atoms with Crippen LogP contribution >= 0.6 is 0 Å². The zero-order valence-electron chi connectivity index (χ0n) is 14.1. The van der Waals surface area contributed by atoms with Crippen molar-refractivity contribution in [1.82, 2.24) is 25.2 Å². The molecule has 0 aliphatic rings. The number of hydrogen-bond acceptors (Lipinski definition) is 5. The molecule has 6 nitrogen and oxygen atoms in total. The summed E-state index contributed by atoms with van der Waals surface area (Å²) in [4.78, 5) is 17.5. The minimum absolute atomic E-state index is 0.0441. The smallest absolute Gasteiger partial charge is 0.223 e. The van der Waals surface area contributed by atoms with Gasteiger partial charge in [-0.3, -0.25) is 9.78 Å². The van der Waals surface area contributed by atoms with Gasteiger partial charge < -0.3 is 0 Å². The number of nitrogens with zero attached hydrogens (tertiary/aromatic N) is 5. The van der Waals surface area contributed by atoms with Crippen LogP contribution in [0.25, 0.3) is 28.3 Å². The molecule has 0 atom stereocenters. The lowest BCUT2D eigenvalue weighted by molar-refractivity contribution is 0.101. The lowest BCUT2D eigenvalue weighted by atomic mass is 9.97. The molecule has 2 aromatic heterocycles. The summed E-state index contributed by atoms with van der Waals surface area (Å²) in [5.74, 6) is 0.513. The van der Waals surface area contributed by atoms with Crippen molar-refractivity contribution in [2.75, 3.05) is 0 Å². The van der Waals surface area contributed by atoms with Crippen molar-refractivity contribution >= 4 is 5.78 Å². The number of hydrogen-bond donors (Lipinski definition) is 0. The summed E-state index contributed by atoms with van der Waals surface area (Å²) < 4.78 is 0. The fourth-order valence-electron chi connectivity index (χ4n) is 2.74. The van der Waals surface area contributed by atoms with Crippen LogP contribution in [0.1, 0.15) is 17.3 Å². The molecule has 0 amide bonds. The molecule has 0 bridgehead atoms. The van der Waals surface area contributed by atoms with Gasteiger partial charge in [0, 0.05) is 11.8 Å². The van der Waals surface area contributed by atoms with Gasteiger partial charge in [0.05, 0.1) is 5.69 Å². The highest BCUT2D eigenvalue weighted by molar-refractivity contribution is 6.00. The van der Waals surface area contributed by atoms with E-state index in [4.69, 9.17) is 0 Å². The molecule has 4 aromatic rings. The van der Waals surface area contributed by atoms with Crippen molar-refractivity contribution < 1.29 is 4.79 Å². The van der Waals surface area contributed by atoms with Crippen LogP contribution in [0.4, 0.5) is 0 Å². The number of carbonyl (C=O) groups excluding carboxylic acids is 1. The van der Waals surface area contributed by atoms with Gasteiger partial charge in [-0.1, -0.05) is 42.5 Å². The number of rotatable bonds is 4. The number of Topliss-reactive ketones (excluding diaryl/α,β-unsaturated/α-hetero) is 1. The van der Waals surface area contributed by atoms with Crippen LogP contribution < -0.4 is 0 Å². The second-order valence-corrected chi connectivity index (χ2v) is 5.77. The van der Waals surface area contributed by atoms with Crippen LogP contribution in [0.5, 0.6) is 0 Å². The minimum Gasteiger partial charge on any atom is -0.294 e. The monoisotopic (exact) mass is 341 g/mol. The van der Waals surface area contributed by atoms with E-state index in [1.54, 1.807) is 13.1 Å². The van der Waals surface area contributed by atoms with E-state index < -0.39 is 0 Å². The summed E-state index contributed by atoms with van der Waals surface area (Å²) >= 11 is 0. The number of aromatic nitrogens is 5. The largest absolute Gasteiger partial charge is 0.294 e. The quantitative estimate of drug-likeness (QED) is 0.530. The Morgan fingerprint density at radius 1 is 0.923 bits per heavy atom. The van der Waals surface area contributed by atoms with Crippen molar-refractivity contribution in [2.45, 2.75) is 6.92 Å². The number of ketones is 1. The average Bonchev–Trinajstić information content (AvgIpc) is 3.19. The summed E-state index contributed by atoms with van der Waals surface area (Å²) in [5.41, 5.74) is 4.03. The molecule has 0 radical (unpaired) electrons. The Morgan fingerprint density at radius 2 is 1.69 bits per heavy atom. The van der Waals surface area contributed by atoms with Crippen molar-refractivity contribution in [1.29, 1.82) is 0 Å². The summed E-state index contributed by atoms with van der Waals surface area (Å²) in [7, 11) is 0. The first kappa shape index (κ1) is 15.8. The standard InChI is InChI=1S/C20H15N5O/c1-14(26)17-6-2-3-7-18(17)15-9-11-16(12-10-15)25-23-20(22-24-25)19-8-4-5-13-21-19/h2-13H,1H3. The minimum atomic E-state index is 0.0441. The maximum Gasteiger partial charge on any atom is 0.223 e. The van der Waals surface area contributed by atoms with Gasteiger partial charge in [0.2, 0.25) is 5.82 Å². The molecular weight excluding hydrogens is 326 g/mol. The number of pyridine rings is 1. The Labute approximate surface area is 150 Å². The second kappa shape index (κ2) is 6.68. The number of tetrazole rings is 1. The molecule has 0 fully saturated rings. The van der Waals surface area contributed by atoms with Crippen LogP contribution in [-0.2, 0) is 0 Å². The van der Waals surface area contributed by atoms with Crippen molar-refractivity contribution in [3.8, 4) is 28.3 Å². The molecule has 0 aliphatic heterocycles. The summed E-state index contributed by atoms with van der Waals surface area (Å²) in [6.45, 7) is 1.58. The first-order chi connectivity index (χ1) is 12.7. The molecule has 2 aromatic carbocycles. The lowest BCUT2D eigenvalue weighted by Gasteiger charge is -2.07. The van der Waals surface area contributed by atoms with Crippen LogP contribution in [0, 0.1) is 0 Å². The molecule has 0 aliphatic carbocycles. The Morgan fingerprint density at radius 3 is 2.42 bits per heavy atom. The molecule has 0 spiro atoms. The van der Waals surface area contributed by atoms with Crippen LogP contribution in [0.3, 0.4) is 0 Å². The van der Waals surface area contributed by atoms with Crippen LogP contribution in [0.2, 0.25) is 0 Å². The van der Waals surface area contributed by atoms with E-state index in [1.807, 2.05) is 66.7 Å². The summed E-state index contributed by atoms with van der Waals surface area (Å²) in [6, 6.07) is 20.8. The highest BCUT2D eigenvalue weighted by atomic mass is 16.1. The van der Waals surface area contributed by atoms with E-state index in [0.717, 1.165) is 16.8 Å². The zero-order chi connectivity index (χ0) is 17.9. The van der Waals surface area contributed by atoms with E-state index in [-0.39, 0.29) is 5.78 Å². The topological polar surface area (TPSA) is 73.6 Å². The third-order valence-corrected chi connectivity index (χ3v) is 4.02. The van der Waals surface area contributed by atoms with E-state index in [0.29, 0.717) is 17.1 Å². The van der Waals surface area contributed by atoms with Gasteiger partial charge in [0.15, 0.2) is 5.78 Å². The van der Waals surface area contributed by atoms with Gasteiger partial charge in [-0.05, 0) is 47.5 Å². The maximum absolute atomic E-state index is 11.8. The SMILES string of the molecule is CC(=O)c1ccccc1-c1ccc(-n2nnc(-c3ccccn3)n2)cc1. The molecule has 2 heterocycles. The highest BCUT2D eigenvalue weighted by Gasteiger charge is 2.10. The highest BCUT2D eigenvalue weighted by Crippen LogP contribution is 2.25. The average molecular weight is 341 g/mol. The molecule has 0 unspecified atom stereocenters. The van der Waals surface area contributed by atoms with Crippen molar-refractivity contribution in [3.05, 3.63) is 78.5 Å². The Hall–Kier alpha value is -3.67. The predicted molar refractivity (Wildman–Crippen MR) is 97.8 cm³/mol. The van der Waals surface area contributed by atoms with Gasteiger partial charge in [0.25, 0.3) is 0 Å². The molecule has 0 N–H and O–H groups in total. The van der Waals surface area contributed by atoms with E-state index >= 15 is 0 Å². The molecule has 0 saturated heterocycles. The fourth-order valence-corrected chi connectivity index (χ4v) is 2.74. The number of benzene rings is 2. The third-order valence-electron chi connectivity index (χ3n) is 4.02. The Bertz CT molecular complexity index is 1060. The van der Waals surface area contributed by atoms with Gasteiger partial charge in [0.1, 0.15) is 5.69 Å². The first-order valence-corrected chi connectivity index (χ1v) is 8.14. The molecule has 126 valence electrons. The van der Waals surface area contributed by atoms with E-state index in [1.165, 1.54) is 4.80 Å². The third kappa shape index (κ3) is 3.00. The Balaban J connectivity index is 1.65. The second-order valence-electron chi connectivity index (χ2n) is 5.77. The maximum atomic E-state index is 11.8. The predicted octanol–water partition coefficient (Wildman–Crippen LogP) is 3.59. The number of carbonyl (C=O) groups is 1. The molecule has 4 rings (SSSR count). The summed E-state index contributed by atoms with van der Waals surface area (Å²) in [5, 5.41) is 12.5. The molecular formula is C20H15N5O.